The standard InChI is InChI=1S/C21H19ClFN3O3/c1-11-7-13-17(10-20(11)28-2)24-6-5-19(13)29-12-3-4-16(14(22)8-12)25-21(27)26-18-9-15(18)23/h3-8,10,15,18H,9H2,1-2H3,(H2,25,26,27). The Balaban J connectivity index is 1.53. The van der Waals surface area contributed by atoms with Gasteiger partial charge in [0.2, 0.25) is 0 Å². The number of anilines is 1. The third-order valence-corrected chi connectivity index (χ3v) is 4.98. The summed E-state index contributed by atoms with van der Waals surface area (Å²) in [6.45, 7) is 1.95. The molecule has 1 heterocycles. The molecule has 2 aromatic carbocycles. The minimum Gasteiger partial charge on any atom is -0.496 e. The third kappa shape index (κ3) is 4.19. The van der Waals surface area contributed by atoms with Gasteiger partial charge in [0.1, 0.15) is 23.4 Å². The number of carbonyl (C=O) groups is 1. The second-order valence-electron chi connectivity index (χ2n) is 6.85. The van der Waals surface area contributed by atoms with Crippen LogP contribution in [0.3, 0.4) is 0 Å². The number of benzene rings is 2. The van der Waals surface area contributed by atoms with Crippen molar-refractivity contribution in [1.82, 2.24) is 10.3 Å². The smallest absolute Gasteiger partial charge is 0.319 e. The van der Waals surface area contributed by atoms with Crippen LogP contribution in [0.5, 0.6) is 17.2 Å². The molecule has 2 amide bonds. The number of hydrogen-bond acceptors (Lipinski definition) is 4. The van der Waals surface area contributed by atoms with Crippen LogP contribution >= 0.6 is 11.6 Å². The quantitative estimate of drug-likeness (QED) is 0.598. The molecule has 1 fully saturated rings. The molecule has 2 unspecified atom stereocenters. The van der Waals surface area contributed by atoms with E-state index < -0.39 is 18.2 Å². The molecular weight excluding hydrogens is 397 g/mol. The summed E-state index contributed by atoms with van der Waals surface area (Å²) >= 11 is 6.28. The number of rotatable bonds is 5. The fraction of sp³-hybridized carbons (Fsp3) is 0.238. The summed E-state index contributed by atoms with van der Waals surface area (Å²) in [6, 6.07) is 9.61. The molecule has 1 aliphatic carbocycles. The fourth-order valence-electron chi connectivity index (χ4n) is 2.99. The number of methoxy groups -OCH3 is 1. The van der Waals surface area contributed by atoms with Crippen molar-refractivity contribution >= 4 is 34.2 Å². The predicted octanol–water partition coefficient (Wildman–Crippen LogP) is 5.23. The first-order chi connectivity index (χ1) is 13.9. The molecule has 1 aliphatic rings. The molecule has 29 heavy (non-hydrogen) atoms. The fourth-order valence-corrected chi connectivity index (χ4v) is 3.21. The lowest BCUT2D eigenvalue weighted by molar-refractivity contribution is 0.250. The van der Waals surface area contributed by atoms with Gasteiger partial charge in [0.05, 0.1) is 29.4 Å². The molecule has 8 heteroatoms. The molecule has 0 radical (unpaired) electrons. The average molecular weight is 416 g/mol. The maximum Gasteiger partial charge on any atom is 0.319 e. The zero-order chi connectivity index (χ0) is 20.5. The molecule has 0 bridgehead atoms. The van der Waals surface area contributed by atoms with Crippen molar-refractivity contribution in [3.8, 4) is 17.2 Å². The lowest BCUT2D eigenvalue weighted by Crippen LogP contribution is -2.31. The summed E-state index contributed by atoms with van der Waals surface area (Å²) in [6.07, 6.45) is 1.04. The summed E-state index contributed by atoms with van der Waals surface area (Å²) < 4.78 is 24.2. The number of nitrogens with zero attached hydrogens (tertiary/aromatic N) is 1. The highest BCUT2D eigenvalue weighted by molar-refractivity contribution is 6.33. The van der Waals surface area contributed by atoms with E-state index in [9.17, 15) is 9.18 Å². The van der Waals surface area contributed by atoms with Crippen LogP contribution in [0.2, 0.25) is 5.02 Å². The zero-order valence-electron chi connectivity index (χ0n) is 15.8. The van der Waals surface area contributed by atoms with Crippen molar-refractivity contribution in [3.63, 3.8) is 0 Å². The van der Waals surface area contributed by atoms with E-state index in [1.54, 1.807) is 37.6 Å². The van der Waals surface area contributed by atoms with Crippen molar-refractivity contribution < 1.29 is 18.7 Å². The Morgan fingerprint density at radius 2 is 2.03 bits per heavy atom. The first kappa shape index (κ1) is 19.3. The molecule has 6 nitrogen and oxygen atoms in total. The second kappa shape index (κ2) is 7.75. The van der Waals surface area contributed by atoms with Gasteiger partial charge in [-0.05, 0) is 36.8 Å². The van der Waals surface area contributed by atoms with Gasteiger partial charge in [-0.15, -0.1) is 0 Å². The summed E-state index contributed by atoms with van der Waals surface area (Å²) in [5.74, 6) is 1.88. The van der Waals surface area contributed by atoms with E-state index in [0.29, 0.717) is 28.6 Å². The van der Waals surface area contributed by atoms with Crippen LogP contribution in [-0.2, 0) is 0 Å². The molecule has 2 atom stereocenters. The number of aromatic nitrogens is 1. The lowest BCUT2D eigenvalue weighted by atomic mass is 10.1. The van der Waals surface area contributed by atoms with E-state index in [2.05, 4.69) is 15.6 Å². The topological polar surface area (TPSA) is 72.5 Å². The van der Waals surface area contributed by atoms with Gasteiger partial charge in [-0.3, -0.25) is 4.98 Å². The molecule has 4 rings (SSSR count). The maximum atomic E-state index is 12.9. The van der Waals surface area contributed by atoms with Gasteiger partial charge in [-0.1, -0.05) is 11.6 Å². The van der Waals surface area contributed by atoms with Crippen molar-refractivity contribution in [2.75, 3.05) is 12.4 Å². The van der Waals surface area contributed by atoms with Crippen LogP contribution in [0, 0.1) is 6.92 Å². The van der Waals surface area contributed by atoms with Crippen LogP contribution < -0.4 is 20.1 Å². The van der Waals surface area contributed by atoms with Crippen molar-refractivity contribution in [2.45, 2.75) is 25.6 Å². The van der Waals surface area contributed by atoms with E-state index >= 15 is 0 Å². The number of amides is 2. The van der Waals surface area contributed by atoms with E-state index in [1.165, 1.54) is 0 Å². The molecular formula is C21H19ClFN3O3. The van der Waals surface area contributed by atoms with Crippen molar-refractivity contribution in [1.29, 1.82) is 0 Å². The number of nitrogens with one attached hydrogen (secondary N) is 2. The Kier molecular flexibility index (Phi) is 5.15. The number of pyridine rings is 1. The molecule has 1 aromatic heterocycles. The van der Waals surface area contributed by atoms with E-state index in [1.807, 2.05) is 19.1 Å². The average Bonchev–Trinajstić information content (AvgIpc) is 3.38. The largest absolute Gasteiger partial charge is 0.496 e. The molecule has 150 valence electrons. The molecule has 1 saturated carbocycles. The van der Waals surface area contributed by atoms with Gasteiger partial charge in [0, 0.05) is 30.1 Å². The maximum absolute atomic E-state index is 12.9. The number of urea groups is 1. The molecule has 0 aliphatic heterocycles. The molecule has 3 aromatic rings. The Labute approximate surface area is 172 Å². The van der Waals surface area contributed by atoms with Crippen LogP contribution in [0.25, 0.3) is 10.9 Å². The highest BCUT2D eigenvalue weighted by Gasteiger charge is 2.38. The minimum atomic E-state index is -0.967. The van der Waals surface area contributed by atoms with Gasteiger partial charge >= 0.3 is 6.03 Å². The van der Waals surface area contributed by atoms with E-state index in [-0.39, 0.29) is 0 Å². The monoisotopic (exact) mass is 415 g/mol. The van der Waals surface area contributed by atoms with E-state index in [4.69, 9.17) is 21.1 Å². The first-order valence-corrected chi connectivity index (χ1v) is 9.44. The number of fused-ring (bicyclic) bond motifs is 1. The minimum absolute atomic E-state index is 0.307. The summed E-state index contributed by atoms with van der Waals surface area (Å²) in [5, 5.41) is 6.30. The summed E-state index contributed by atoms with van der Waals surface area (Å²) in [4.78, 5) is 16.2. The molecule has 0 spiro atoms. The molecule has 0 saturated heterocycles. The lowest BCUT2D eigenvalue weighted by Gasteiger charge is -2.13. The normalized spacial score (nSPS) is 17.7. The number of carbonyl (C=O) groups excluding carboxylic acids is 1. The molecule has 2 N–H and O–H groups in total. The van der Waals surface area contributed by atoms with Crippen LogP contribution in [0.15, 0.2) is 42.6 Å². The summed E-state index contributed by atoms with van der Waals surface area (Å²) in [5.41, 5.74) is 2.12. The van der Waals surface area contributed by atoms with Gasteiger partial charge < -0.3 is 20.1 Å². The van der Waals surface area contributed by atoms with Crippen molar-refractivity contribution in [2.24, 2.45) is 0 Å². The van der Waals surface area contributed by atoms with Crippen LogP contribution in [0.1, 0.15) is 12.0 Å². The third-order valence-electron chi connectivity index (χ3n) is 4.66. The Morgan fingerprint density at radius 1 is 1.24 bits per heavy atom. The summed E-state index contributed by atoms with van der Waals surface area (Å²) in [7, 11) is 1.62. The van der Waals surface area contributed by atoms with Crippen LogP contribution in [0.4, 0.5) is 14.9 Å². The van der Waals surface area contributed by atoms with Gasteiger partial charge in [-0.25, -0.2) is 9.18 Å². The zero-order valence-corrected chi connectivity index (χ0v) is 16.6. The highest BCUT2D eigenvalue weighted by atomic mass is 35.5. The predicted molar refractivity (Wildman–Crippen MR) is 110 cm³/mol. The number of aryl methyl sites for hydroxylation is 1. The first-order valence-electron chi connectivity index (χ1n) is 9.07. The highest BCUT2D eigenvalue weighted by Crippen LogP contribution is 2.35. The number of hydrogen-bond donors (Lipinski definition) is 2. The Bertz CT molecular complexity index is 1090. The number of ether oxygens (including phenoxy) is 2. The van der Waals surface area contributed by atoms with Crippen molar-refractivity contribution in [3.05, 3.63) is 53.2 Å². The Morgan fingerprint density at radius 3 is 2.72 bits per heavy atom. The van der Waals surface area contributed by atoms with E-state index in [0.717, 1.165) is 22.2 Å². The second-order valence-corrected chi connectivity index (χ2v) is 7.26. The van der Waals surface area contributed by atoms with Gasteiger partial charge in [0.25, 0.3) is 0 Å². The Hall–Kier alpha value is -3.06. The number of halogens is 2. The van der Waals surface area contributed by atoms with Gasteiger partial charge in [-0.2, -0.15) is 0 Å². The van der Waals surface area contributed by atoms with Gasteiger partial charge in [0.15, 0.2) is 0 Å². The van der Waals surface area contributed by atoms with Crippen LogP contribution in [-0.4, -0.2) is 30.3 Å². The number of alkyl halides is 1. The SMILES string of the molecule is COc1cc2nccc(Oc3ccc(NC(=O)NC4CC4F)c(Cl)c3)c2cc1C.